The third-order valence-corrected chi connectivity index (χ3v) is 9.88. The van der Waals surface area contributed by atoms with Crippen molar-refractivity contribution in [2.75, 3.05) is 19.7 Å². The van der Waals surface area contributed by atoms with E-state index in [-0.39, 0.29) is 17.2 Å². The fraction of sp³-hybridized carbons (Fsp3) is 0.667. The zero-order valence-corrected chi connectivity index (χ0v) is 23.2. The number of carbonyl (C=O) groups excluding carboxylic acids is 1. The van der Waals surface area contributed by atoms with Gasteiger partial charge in [0.15, 0.2) is 17.5 Å². The number of amides is 1. The Kier molecular flexibility index (Phi) is 9.26. The maximum Gasteiger partial charge on any atom is 0.238 e. The molecule has 2 aromatic rings. The molecule has 10 nitrogen and oxygen atoms in total. The van der Waals surface area contributed by atoms with Crippen molar-refractivity contribution in [3.05, 3.63) is 35.8 Å². The minimum Gasteiger partial charge on any atom is -0.394 e. The quantitative estimate of drug-likeness (QED) is 0.352. The van der Waals surface area contributed by atoms with Gasteiger partial charge in [0.1, 0.15) is 40.7 Å². The lowest BCUT2D eigenvalue weighted by molar-refractivity contribution is -0.179. The van der Waals surface area contributed by atoms with Crippen LogP contribution in [0.5, 0.6) is 0 Å². The summed E-state index contributed by atoms with van der Waals surface area (Å²) in [5, 5.41) is 50.9. The van der Waals surface area contributed by atoms with Gasteiger partial charge in [-0.1, -0.05) is 24.5 Å². The summed E-state index contributed by atoms with van der Waals surface area (Å²) in [6.07, 6.45) is 3.11. The molecule has 1 aliphatic carbocycles. The predicted octanol–water partition coefficient (Wildman–Crippen LogP) is 2.15. The minimum absolute atomic E-state index is 0.0480. The second kappa shape index (κ2) is 12.6. The van der Waals surface area contributed by atoms with Gasteiger partial charge in [0.25, 0.3) is 0 Å². The molecule has 3 fully saturated rings. The standard InChI is InChI=1S/C27H35F3N4O6S/c28-16-11-15(12-17(29)20(16)30)18-13-34(32-31-18)21-22(36)19(14-35)40-26(23(21)37)41-24(27(39)7-3-1-4-8-27)25(38)33-9-5-2-6-10-33/h11-13,19,21-24,26,35-37,39H,1-10,14H2/t19-,21+,22+,23-,24-,26+/m1/s1. The number of halogens is 3. The smallest absolute Gasteiger partial charge is 0.238 e. The Bertz CT molecular complexity index is 1200. The number of ether oxygens (including phenoxy) is 1. The van der Waals surface area contributed by atoms with Gasteiger partial charge in [-0.3, -0.25) is 4.79 Å². The zero-order valence-electron chi connectivity index (χ0n) is 22.4. The van der Waals surface area contributed by atoms with Crippen LogP contribution in [0.15, 0.2) is 18.3 Å². The molecule has 6 atom stereocenters. The molecule has 3 aliphatic rings. The van der Waals surface area contributed by atoms with E-state index in [2.05, 4.69) is 10.3 Å². The van der Waals surface area contributed by atoms with Crippen molar-refractivity contribution >= 4 is 17.7 Å². The van der Waals surface area contributed by atoms with Crippen LogP contribution in [-0.2, 0) is 9.53 Å². The van der Waals surface area contributed by atoms with Crippen molar-refractivity contribution in [1.29, 1.82) is 0 Å². The molecule has 0 radical (unpaired) electrons. The molecule has 5 rings (SSSR count). The molecule has 226 valence electrons. The maximum absolute atomic E-state index is 13.8. The van der Waals surface area contributed by atoms with Crippen LogP contribution in [0.3, 0.4) is 0 Å². The Morgan fingerprint density at radius 2 is 1.68 bits per heavy atom. The largest absolute Gasteiger partial charge is 0.394 e. The number of likely N-dealkylation sites (tertiary alicyclic amines) is 1. The molecular weight excluding hydrogens is 565 g/mol. The zero-order chi connectivity index (χ0) is 29.3. The number of carbonyl (C=O) groups is 1. The van der Waals surface area contributed by atoms with Gasteiger partial charge in [0, 0.05) is 18.7 Å². The number of hydrogen-bond donors (Lipinski definition) is 4. The van der Waals surface area contributed by atoms with Gasteiger partial charge in [-0.2, -0.15) is 0 Å². The van der Waals surface area contributed by atoms with Crippen molar-refractivity contribution in [1.82, 2.24) is 19.9 Å². The minimum atomic E-state index is -1.63. The second-order valence-corrected chi connectivity index (χ2v) is 12.3. The molecule has 2 aliphatic heterocycles. The first kappa shape index (κ1) is 30.2. The highest BCUT2D eigenvalue weighted by molar-refractivity contribution is 8.01. The van der Waals surface area contributed by atoms with E-state index in [0.717, 1.165) is 67.1 Å². The lowest BCUT2D eigenvalue weighted by atomic mass is 9.81. The molecule has 0 spiro atoms. The van der Waals surface area contributed by atoms with E-state index in [1.54, 1.807) is 4.90 Å². The highest BCUT2D eigenvalue weighted by Gasteiger charge is 2.51. The Hall–Kier alpha value is -2.23. The molecule has 14 heteroatoms. The van der Waals surface area contributed by atoms with Crippen molar-refractivity contribution in [3.63, 3.8) is 0 Å². The third-order valence-electron chi connectivity index (χ3n) is 8.31. The van der Waals surface area contributed by atoms with Gasteiger partial charge >= 0.3 is 0 Å². The highest BCUT2D eigenvalue weighted by Crippen LogP contribution is 2.44. The molecule has 1 saturated carbocycles. The van der Waals surface area contributed by atoms with E-state index in [1.165, 1.54) is 6.20 Å². The van der Waals surface area contributed by atoms with Gasteiger partial charge in [0.2, 0.25) is 5.91 Å². The van der Waals surface area contributed by atoms with Crippen molar-refractivity contribution in [3.8, 4) is 11.3 Å². The summed E-state index contributed by atoms with van der Waals surface area (Å²) >= 11 is 0.971. The number of piperidine rings is 1. The summed E-state index contributed by atoms with van der Waals surface area (Å²) in [5.41, 5.74) is -2.63. The Morgan fingerprint density at radius 1 is 1.05 bits per heavy atom. The number of aliphatic hydroxyl groups excluding tert-OH is 3. The molecule has 1 aromatic heterocycles. The van der Waals surface area contributed by atoms with Crippen molar-refractivity contribution in [2.24, 2.45) is 0 Å². The predicted molar refractivity (Wildman–Crippen MR) is 142 cm³/mol. The molecule has 4 N–H and O–H groups in total. The Labute approximate surface area is 239 Å². The monoisotopic (exact) mass is 600 g/mol. The summed E-state index contributed by atoms with van der Waals surface area (Å²) in [4.78, 5) is 15.5. The average Bonchev–Trinajstić information content (AvgIpc) is 3.45. The average molecular weight is 601 g/mol. The summed E-state index contributed by atoms with van der Waals surface area (Å²) in [6.45, 7) is 0.534. The normalized spacial score (nSPS) is 29.3. The molecule has 0 unspecified atom stereocenters. The van der Waals surface area contributed by atoms with Gasteiger partial charge in [-0.15, -0.1) is 16.9 Å². The third kappa shape index (κ3) is 6.13. The van der Waals surface area contributed by atoms with Crippen molar-refractivity contribution in [2.45, 2.75) is 92.0 Å². The molecule has 3 heterocycles. The first-order valence-electron chi connectivity index (χ1n) is 14.0. The molecule has 1 aromatic carbocycles. The van der Waals surface area contributed by atoms with Crippen molar-refractivity contribution < 1.29 is 43.1 Å². The first-order valence-corrected chi connectivity index (χ1v) is 14.9. The molecule has 1 amide bonds. The van der Waals surface area contributed by atoms with Crippen LogP contribution in [0.2, 0.25) is 0 Å². The van der Waals surface area contributed by atoms with Gasteiger partial charge in [0.05, 0.1) is 18.4 Å². The van der Waals surface area contributed by atoms with Crippen LogP contribution in [0, 0.1) is 17.5 Å². The van der Waals surface area contributed by atoms with Gasteiger partial charge in [-0.25, -0.2) is 17.9 Å². The van der Waals surface area contributed by atoms with Crippen LogP contribution in [0.25, 0.3) is 11.3 Å². The van der Waals surface area contributed by atoms with Crippen LogP contribution >= 0.6 is 11.8 Å². The van der Waals surface area contributed by atoms with E-state index in [0.29, 0.717) is 25.9 Å². The number of rotatable bonds is 7. The topological polar surface area (TPSA) is 141 Å². The molecule has 0 bridgehead atoms. The summed E-state index contributed by atoms with van der Waals surface area (Å²) in [7, 11) is 0. The number of aliphatic hydroxyl groups is 4. The van der Waals surface area contributed by atoms with E-state index in [9.17, 15) is 38.4 Å². The number of aromatic nitrogens is 3. The van der Waals surface area contributed by atoms with E-state index in [4.69, 9.17) is 4.74 Å². The molecule has 41 heavy (non-hydrogen) atoms. The van der Waals surface area contributed by atoms with Crippen LogP contribution in [0.1, 0.15) is 57.4 Å². The highest BCUT2D eigenvalue weighted by atomic mass is 32.2. The second-order valence-electron chi connectivity index (χ2n) is 11.1. The number of thioether (sulfide) groups is 1. The summed E-state index contributed by atoms with van der Waals surface area (Å²) in [5.74, 6) is -4.69. The van der Waals surface area contributed by atoms with Gasteiger partial charge < -0.3 is 30.1 Å². The Morgan fingerprint density at radius 3 is 2.32 bits per heavy atom. The number of benzene rings is 1. The van der Waals surface area contributed by atoms with Crippen LogP contribution in [-0.4, -0.2) is 101 Å². The summed E-state index contributed by atoms with van der Waals surface area (Å²) < 4.78 is 48.1. The lowest BCUT2D eigenvalue weighted by Gasteiger charge is -2.46. The lowest BCUT2D eigenvalue weighted by Crippen LogP contribution is -2.58. The SMILES string of the molecule is O=C([C@@H](S[C@@H]1O[C@H](CO)[C@H](O)[C@H](n2cc(-c3cc(F)c(F)c(F)c3)nn2)[C@H]1O)C1(O)CCCCC1)N1CCCCC1. The fourth-order valence-corrected chi connectivity index (χ4v) is 7.56. The van der Waals surface area contributed by atoms with E-state index >= 15 is 0 Å². The van der Waals surface area contributed by atoms with Crippen LogP contribution in [0.4, 0.5) is 13.2 Å². The first-order chi connectivity index (χ1) is 19.6. The van der Waals surface area contributed by atoms with Gasteiger partial charge in [-0.05, 0) is 44.2 Å². The van der Waals surface area contributed by atoms with E-state index in [1.807, 2.05) is 0 Å². The number of nitrogens with zero attached hydrogens (tertiary/aromatic N) is 4. The fourth-order valence-electron chi connectivity index (χ4n) is 6.01. The van der Waals surface area contributed by atoms with E-state index < -0.39 is 64.7 Å². The molecule has 2 saturated heterocycles. The summed E-state index contributed by atoms with van der Waals surface area (Å²) in [6, 6.07) is 0.266. The maximum atomic E-state index is 13.8. The Balaban J connectivity index is 1.43. The molecular formula is C27H35F3N4O6S. The van der Waals surface area contributed by atoms with Crippen LogP contribution < -0.4 is 0 Å². The number of hydrogen-bond acceptors (Lipinski definition) is 9.